The molecule has 4 heterocycles. The van der Waals surface area contributed by atoms with E-state index in [4.69, 9.17) is 4.98 Å². The smallest absolute Gasteiger partial charge is 0.155 e. The molecule has 5 rings (SSSR count). The van der Waals surface area contributed by atoms with Gasteiger partial charge in [-0.3, -0.25) is 14.4 Å². The van der Waals surface area contributed by atoms with E-state index in [0.717, 1.165) is 35.3 Å². The molecule has 1 aliphatic carbocycles. The van der Waals surface area contributed by atoms with Crippen LogP contribution in [-0.2, 0) is 0 Å². The topological polar surface area (TPSA) is 80.0 Å². The summed E-state index contributed by atoms with van der Waals surface area (Å²) in [6.45, 7) is 1.16. The van der Waals surface area contributed by atoms with Crippen molar-refractivity contribution >= 4 is 11.5 Å². The predicted molar refractivity (Wildman–Crippen MR) is 85.9 cm³/mol. The maximum Gasteiger partial charge on any atom is 0.155 e. The number of aromatic nitrogens is 5. The Morgan fingerprint density at radius 3 is 3.00 bits per heavy atom. The molecule has 0 aromatic carbocycles. The summed E-state index contributed by atoms with van der Waals surface area (Å²) < 4.78 is 1.97. The molecule has 116 valence electrons. The van der Waals surface area contributed by atoms with Gasteiger partial charge in [-0.2, -0.15) is 0 Å². The van der Waals surface area contributed by atoms with Gasteiger partial charge >= 0.3 is 0 Å². The zero-order chi connectivity index (χ0) is 15.2. The lowest BCUT2D eigenvalue weighted by Crippen LogP contribution is -2.41. The molecule has 2 aliphatic rings. The maximum atomic E-state index is 4.73. The molecule has 7 heteroatoms. The summed E-state index contributed by atoms with van der Waals surface area (Å²) in [6.07, 6.45) is 13.2. The van der Waals surface area contributed by atoms with Crippen molar-refractivity contribution in [1.29, 1.82) is 0 Å². The second kappa shape index (κ2) is 4.99. The van der Waals surface area contributed by atoms with Crippen molar-refractivity contribution in [1.82, 2.24) is 29.7 Å². The van der Waals surface area contributed by atoms with Crippen LogP contribution in [0.15, 0.2) is 37.2 Å². The van der Waals surface area contributed by atoms with Crippen LogP contribution in [0.3, 0.4) is 0 Å². The fourth-order valence-electron chi connectivity index (χ4n) is 3.79. The fraction of sp³-hybridized carbons (Fsp3) is 0.375. The molecule has 3 aromatic rings. The van der Waals surface area contributed by atoms with Crippen molar-refractivity contribution in [2.24, 2.45) is 5.92 Å². The minimum Gasteiger partial charge on any atom is -0.364 e. The van der Waals surface area contributed by atoms with E-state index in [2.05, 4.69) is 25.6 Å². The van der Waals surface area contributed by atoms with Gasteiger partial charge in [0.1, 0.15) is 11.5 Å². The first-order valence-corrected chi connectivity index (χ1v) is 7.96. The summed E-state index contributed by atoms with van der Waals surface area (Å²) in [5.41, 5.74) is 2.54. The van der Waals surface area contributed by atoms with Crippen molar-refractivity contribution in [3.8, 4) is 11.4 Å². The first-order valence-electron chi connectivity index (χ1n) is 7.96. The molecule has 0 spiro atoms. The van der Waals surface area contributed by atoms with Crippen LogP contribution in [0.25, 0.3) is 17.0 Å². The van der Waals surface area contributed by atoms with Gasteiger partial charge in [0.25, 0.3) is 0 Å². The summed E-state index contributed by atoms with van der Waals surface area (Å²) in [7, 11) is 0. The highest BCUT2D eigenvalue weighted by atomic mass is 15.1. The van der Waals surface area contributed by atoms with Gasteiger partial charge in [0.05, 0.1) is 30.5 Å². The van der Waals surface area contributed by atoms with Crippen LogP contribution in [0.2, 0.25) is 0 Å². The van der Waals surface area contributed by atoms with Crippen LogP contribution < -0.4 is 10.6 Å². The number of piperidine rings is 1. The largest absolute Gasteiger partial charge is 0.364 e. The Morgan fingerprint density at radius 1 is 1.13 bits per heavy atom. The van der Waals surface area contributed by atoms with E-state index in [0.29, 0.717) is 12.1 Å². The highest BCUT2D eigenvalue weighted by Crippen LogP contribution is 2.33. The molecule has 0 amide bonds. The SMILES string of the molecule is c1cn2c(-c3cncc(N[C@@H]4C[C@@H]5CN[C@H]4C5)n3)cnc2cn1. The van der Waals surface area contributed by atoms with Crippen LogP contribution in [0.1, 0.15) is 12.8 Å². The maximum absolute atomic E-state index is 4.73. The Kier molecular flexibility index (Phi) is 2.81. The van der Waals surface area contributed by atoms with Crippen molar-refractivity contribution in [2.45, 2.75) is 24.9 Å². The molecule has 3 atom stereocenters. The summed E-state index contributed by atoms with van der Waals surface area (Å²) in [6, 6.07) is 1.01. The normalized spacial score (nSPS) is 26.0. The van der Waals surface area contributed by atoms with Gasteiger partial charge in [-0.25, -0.2) is 9.97 Å². The van der Waals surface area contributed by atoms with Crippen LogP contribution in [-0.4, -0.2) is 43.0 Å². The van der Waals surface area contributed by atoms with Gasteiger partial charge in [0.2, 0.25) is 0 Å². The van der Waals surface area contributed by atoms with Crippen molar-refractivity contribution in [2.75, 3.05) is 11.9 Å². The second-order valence-electron chi connectivity index (χ2n) is 6.34. The van der Waals surface area contributed by atoms with Crippen LogP contribution in [0.4, 0.5) is 5.82 Å². The highest BCUT2D eigenvalue weighted by molar-refractivity contribution is 5.60. The quantitative estimate of drug-likeness (QED) is 0.760. The molecule has 2 fully saturated rings. The summed E-state index contributed by atoms with van der Waals surface area (Å²) in [4.78, 5) is 17.5. The molecule has 2 N–H and O–H groups in total. The lowest BCUT2D eigenvalue weighted by Gasteiger charge is -2.24. The fourth-order valence-corrected chi connectivity index (χ4v) is 3.79. The third-order valence-electron chi connectivity index (χ3n) is 4.88. The first kappa shape index (κ1) is 13.0. The van der Waals surface area contributed by atoms with E-state index in [1.807, 2.05) is 16.8 Å². The number of hydrogen-bond donors (Lipinski definition) is 2. The van der Waals surface area contributed by atoms with Crippen LogP contribution in [0.5, 0.6) is 0 Å². The summed E-state index contributed by atoms with van der Waals surface area (Å²) in [5.74, 6) is 1.63. The molecule has 0 unspecified atom stereocenters. The third kappa shape index (κ3) is 2.16. The molecular formula is C16H17N7. The van der Waals surface area contributed by atoms with E-state index in [9.17, 15) is 0 Å². The number of rotatable bonds is 3. The van der Waals surface area contributed by atoms with Crippen molar-refractivity contribution in [3.63, 3.8) is 0 Å². The Morgan fingerprint density at radius 2 is 2.13 bits per heavy atom. The third-order valence-corrected chi connectivity index (χ3v) is 4.88. The zero-order valence-electron chi connectivity index (χ0n) is 12.6. The first-order chi connectivity index (χ1) is 11.4. The molecule has 1 aliphatic heterocycles. The zero-order valence-corrected chi connectivity index (χ0v) is 12.6. The molecule has 1 saturated carbocycles. The van der Waals surface area contributed by atoms with Crippen LogP contribution >= 0.6 is 0 Å². The molecule has 0 radical (unpaired) electrons. The van der Waals surface area contributed by atoms with E-state index in [1.54, 1.807) is 24.8 Å². The van der Waals surface area contributed by atoms with E-state index < -0.39 is 0 Å². The van der Waals surface area contributed by atoms with Crippen LogP contribution in [0, 0.1) is 5.92 Å². The Hall–Kier alpha value is -2.54. The van der Waals surface area contributed by atoms with Gasteiger partial charge in [-0.15, -0.1) is 0 Å². The Balaban J connectivity index is 1.46. The van der Waals surface area contributed by atoms with Gasteiger partial charge in [-0.1, -0.05) is 0 Å². The van der Waals surface area contributed by atoms with E-state index in [-0.39, 0.29) is 0 Å². The van der Waals surface area contributed by atoms with Crippen molar-refractivity contribution in [3.05, 3.63) is 37.2 Å². The number of nitrogens with one attached hydrogen (secondary N) is 2. The Labute approximate surface area is 133 Å². The molecule has 7 nitrogen and oxygen atoms in total. The standard InChI is InChI=1S/C16H17N7/c1-2-23-14(7-20-16(23)9-17-1)13-6-18-8-15(22-13)21-12-4-10-3-11(12)19-5-10/h1-2,6-12,19H,3-5H2,(H,21,22)/t10-,11+,12-/m1/s1. The predicted octanol–water partition coefficient (Wildman–Crippen LogP) is 1.35. The van der Waals surface area contributed by atoms with Gasteiger partial charge in [-0.05, 0) is 25.3 Å². The van der Waals surface area contributed by atoms with Crippen molar-refractivity contribution < 1.29 is 0 Å². The number of fused-ring (bicyclic) bond motifs is 3. The highest BCUT2D eigenvalue weighted by Gasteiger charge is 2.39. The number of hydrogen-bond acceptors (Lipinski definition) is 6. The number of nitrogens with zero attached hydrogens (tertiary/aromatic N) is 5. The Bertz CT molecular complexity index is 858. The van der Waals surface area contributed by atoms with Gasteiger partial charge in [0, 0.05) is 24.5 Å². The number of anilines is 1. The molecule has 1 saturated heterocycles. The van der Waals surface area contributed by atoms with E-state index >= 15 is 0 Å². The number of imidazole rings is 1. The molecule has 23 heavy (non-hydrogen) atoms. The van der Waals surface area contributed by atoms with Gasteiger partial charge < -0.3 is 10.6 Å². The van der Waals surface area contributed by atoms with E-state index in [1.165, 1.54) is 12.8 Å². The average molecular weight is 307 g/mol. The monoisotopic (exact) mass is 307 g/mol. The minimum absolute atomic E-state index is 0.449. The molecule has 3 aromatic heterocycles. The lowest BCUT2D eigenvalue weighted by atomic mass is 10.1. The van der Waals surface area contributed by atoms with Gasteiger partial charge in [0.15, 0.2) is 5.65 Å². The summed E-state index contributed by atoms with van der Waals surface area (Å²) >= 11 is 0. The minimum atomic E-state index is 0.449. The lowest BCUT2D eigenvalue weighted by molar-refractivity contribution is 0.465. The molecular weight excluding hydrogens is 290 g/mol. The second-order valence-corrected chi connectivity index (χ2v) is 6.34. The average Bonchev–Trinajstić information content (AvgIpc) is 3.30. The molecule has 2 bridgehead atoms. The summed E-state index contributed by atoms with van der Waals surface area (Å²) in [5, 5.41) is 7.11.